The van der Waals surface area contributed by atoms with Crippen molar-refractivity contribution in [1.82, 2.24) is 4.72 Å². The highest BCUT2D eigenvalue weighted by Crippen LogP contribution is 2.58. The Labute approximate surface area is 214 Å². The molecule has 2 aromatic rings. The number of rotatable bonds is 6. The minimum Gasteiger partial charge on any atom is -0.490 e. The molecule has 1 aliphatic carbocycles. The van der Waals surface area contributed by atoms with Crippen LogP contribution in [-0.4, -0.2) is 35.2 Å². The Kier molecular flexibility index (Phi) is 7.05. The second kappa shape index (κ2) is 9.37. The van der Waals surface area contributed by atoms with Gasteiger partial charge in [-0.05, 0) is 55.2 Å². The third kappa shape index (κ3) is 4.55. The maximum Gasteiger partial charge on any atom is 0.416 e. The average molecular weight is 590 g/mol. The standard InChI is InChI=1S/C23H22F7NO5S2/c1-21(26,27)38(34,35)31-11-13-3-2-10-22(16(13)12-36-20-18(25)9-8-17(24)19(20)22)37(32,33)15-6-4-14(5-7-15)23(28,29)30/h4-9,13,16,31H,2-3,10-12H2,1H3/t13-,16-,22-/m0/s1. The number of nitrogens with one attached hydrogen (secondary N) is 1. The second-order valence-corrected chi connectivity index (χ2v) is 13.6. The summed E-state index contributed by atoms with van der Waals surface area (Å²) in [6.45, 7) is -1.04. The molecule has 0 saturated heterocycles. The van der Waals surface area contributed by atoms with Crippen molar-refractivity contribution in [2.24, 2.45) is 11.8 Å². The van der Waals surface area contributed by atoms with Crippen molar-refractivity contribution >= 4 is 19.9 Å². The number of sulfone groups is 1. The fourth-order valence-corrected chi connectivity index (χ4v) is 8.44. The highest BCUT2D eigenvalue weighted by Gasteiger charge is 2.61. The van der Waals surface area contributed by atoms with Crippen molar-refractivity contribution in [1.29, 1.82) is 0 Å². The van der Waals surface area contributed by atoms with Crippen molar-refractivity contribution in [2.45, 2.75) is 47.3 Å². The van der Waals surface area contributed by atoms with Gasteiger partial charge in [-0.15, -0.1) is 0 Å². The lowest BCUT2D eigenvalue weighted by molar-refractivity contribution is -0.137. The molecule has 1 fully saturated rings. The first-order valence-electron chi connectivity index (χ1n) is 11.3. The molecule has 2 aromatic carbocycles. The summed E-state index contributed by atoms with van der Waals surface area (Å²) in [4.78, 5) is -0.603. The topological polar surface area (TPSA) is 89.5 Å². The van der Waals surface area contributed by atoms with Gasteiger partial charge in [0.1, 0.15) is 10.6 Å². The van der Waals surface area contributed by atoms with Gasteiger partial charge in [0.15, 0.2) is 21.4 Å². The van der Waals surface area contributed by atoms with Crippen LogP contribution in [-0.2, 0) is 30.8 Å². The van der Waals surface area contributed by atoms with Crippen LogP contribution < -0.4 is 9.46 Å². The number of alkyl halides is 5. The molecule has 2 aliphatic rings. The molecule has 0 amide bonds. The number of sulfonamides is 1. The molecule has 38 heavy (non-hydrogen) atoms. The molecule has 0 spiro atoms. The molecule has 210 valence electrons. The number of benzene rings is 2. The maximum absolute atomic E-state index is 15.3. The minimum absolute atomic E-state index is 0.0284. The Morgan fingerprint density at radius 1 is 0.974 bits per heavy atom. The lowest BCUT2D eigenvalue weighted by atomic mass is 9.67. The Hall–Kier alpha value is -2.39. The minimum atomic E-state index is -5.15. The predicted octanol–water partition coefficient (Wildman–Crippen LogP) is 4.99. The van der Waals surface area contributed by atoms with Gasteiger partial charge in [-0.1, -0.05) is 6.42 Å². The van der Waals surface area contributed by atoms with E-state index >= 15 is 4.39 Å². The van der Waals surface area contributed by atoms with Crippen molar-refractivity contribution < 1.29 is 52.3 Å². The largest absolute Gasteiger partial charge is 0.490 e. The normalized spacial score (nSPS) is 24.3. The number of fused-ring (bicyclic) bond motifs is 3. The van der Waals surface area contributed by atoms with Crippen molar-refractivity contribution in [3.63, 3.8) is 0 Å². The molecule has 0 radical (unpaired) electrons. The first-order chi connectivity index (χ1) is 17.4. The number of halogens is 7. The fourth-order valence-electron chi connectivity index (χ4n) is 5.31. The van der Waals surface area contributed by atoms with E-state index in [1.165, 1.54) is 0 Å². The van der Waals surface area contributed by atoms with Crippen LogP contribution in [0.15, 0.2) is 41.3 Å². The number of hydrogen-bond acceptors (Lipinski definition) is 5. The zero-order chi connectivity index (χ0) is 28.3. The van der Waals surface area contributed by atoms with E-state index in [9.17, 15) is 43.2 Å². The van der Waals surface area contributed by atoms with Crippen LogP contribution >= 0.6 is 0 Å². The van der Waals surface area contributed by atoms with Gasteiger partial charge < -0.3 is 4.74 Å². The summed E-state index contributed by atoms with van der Waals surface area (Å²) in [6.07, 6.45) is -4.91. The quantitative estimate of drug-likeness (QED) is 0.480. The molecule has 1 aliphatic heterocycles. The molecule has 15 heteroatoms. The SMILES string of the molecule is CC(F)(F)S(=O)(=O)NC[C@@H]1CCC[C@@]2(S(=O)(=O)c3ccc(C(F)(F)F)cc3)c3c(F)ccc(F)c3OC[C@@H]12. The van der Waals surface area contributed by atoms with E-state index in [4.69, 9.17) is 4.74 Å². The molecule has 0 bridgehead atoms. The van der Waals surface area contributed by atoms with E-state index in [1.54, 1.807) is 4.72 Å². The highest BCUT2D eigenvalue weighted by atomic mass is 32.2. The number of hydrogen-bond donors (Lipinski definition) is 1. The zero-order valence-electron chi connectivity index (χ0n) is 19.7. The van der Waals surface area contributed by atoms with Crippen LogP contribution in [0.3, 0.4) is 0 Å². The van der Waals surface area contributed by atoms with Gasteiger partial charge in [0.25, 0.3) is 10.0 Å². The van der Waals surface area contributed by atoms with Gasteiger partial charge in [-0.25, -0.2) is 30.3 Å². The van der Waals surface area contributed by atoms with Gasteiger partial charge in [-0.2, -0.15) is 22.0 Å². The summed E-state index contributed by atoms with van der Waals surface area (Å²) < 4.78 is 153. The average Bonchev–Trinajstić information content (AvgIpc) is 2.83. The highest BCUT2D eigenvalue weighted by molar-refractivity contribution is 7.92. The van der Waals surface area contributed by atoms with Crippen molar-refractivity contribution in [3.8, 4) is 5.75 Å². The van der Waals surface area contributed by atoms with E-state index in [0.29, 0.717) is 30.3 Å². The fraction of sp³-hybridized carbons (Fsp3) is 0.478. The van der Waals surface area contributed by atoms with E-state index in [-0.39, 0.29) is 26.2 Å². The second-order valence-electron chi connectivity index (χ2n) is 9.38. The molecular formula is C23H22F7NO5S2. The van der Waals surface area contributed by atoms with Gasteiger partial charge >= 0.3 is 11.4 Å². The zero-order valence-corrected chi connectivity index (χ0v) is 21.3. The molecule has 3 atom stereocenters. The van der Waals surface area contributed by atoms with Crippen LogP contribution in [0.2, 0.25) is 0 Å². The first kappa shape index (κ1) is 28.6. The summed E-state index contributed by atoms with van der Waals surface area (Å²) in [5.74, 6) is -5.15. The summed E-state index contributed by atoms with van der Waals surface area (Å²) in [5, 5.41) is -4.16. The van der Waals surface area contributed by atoms with Gasteiger partial charge in [0.05, 0.1) is 22.6 Å². The van der Waals surface area contributed by atoms with Crippen molar-refractivity contribution in [3.05, 3.63) is 59.2 Å². The number of ether oxygens (including phenoxy) is 1. The molecule has 0 aromatic heterocycles. The van der Waals surface area contributed by atoms with Gasteiger partial charge in [0.2, 0.25) is 0 Å². The van der Waals surface area contributed by atoms with E-state index in [0.717, 1.165) is 6.07 Å². The maximum atomic E-state index is 15.3. The molecule has 1 N–H and O–H groups in total. The lowest BCUT2D eigenvalue weighted by Crippen LogP contribution is -2.56. The lowest BCUT2D eigenvalue weighted by Gasteiger charge is -2.50. The van der Waals surface area contributed by atoms with Gasteiger partial charge in [-0.3, -0.25) is 0 Å². The Morgan fingerprint density at radius 2 is 1.58 bits per heavy atom. The van der Waals surface area contributed by atoms with Crippen LogP contribution in [0.25, 0.3) is 0 Å². The molecular weight excluding hydrogens is 567 g/mol. The first-order valence-corrected chi connectivity index (χ1v) is 14.3. The van der Waals surface area contributed by atoms with Crippen LogP contribution in [0.1, 0.15) is 37.3 Å². The molecule has 6 nitrogen and oxygen atoms in total. The van der Waals surface area contributed by atoms with E-state index in [1.807, 2.05) is 0 Å². The Bertz CT molecular complexity index is 1440. The summed E-state index contributed by atoms with van der Waals surface area (Å²) in [5.41, 5.74) is -1.80. The molecule has 1 heterocycles. The molecule has 1 saturated carbocycles. The van der Waals surface area contributed by atoms with Crippen LogP contribution in [0.5, 0.6) is 5.75 Å². The Balaban J connectivity index is 1.88. The van der Waals surface area contributed by atoms with E-state index < -0.39 is 94.4 Å². The summed E-state index contributed by atoms with van der Waals surface area (Å²) in [7, 11) is -9.94. The summed E-state index contributed by atoms with van der Waals surface area (Å²) in [6, 6.07) is 3.91. The third-order valence-electron chi connectivity index (χ3n) is 7.16. The van der Waals surface area contributed by atoms with Gasteiger partial charge in [0, 0.05) is 19.4 Å². The smallest absolute Gasteiger partial charge is 0.416 e. The third-order valence-corrected chi connectivity index (χ3v) is 11.2. The molecule has 0 unspecified atom stereocenters. The van der Waals surface area contributed by atoms with Crippen LogP contribution in [0.4, 0.5) is 30.7 Å². The summed E-state index contributed by atoms with van der Waals surface area (Å²) >= 11 is 0. The van der Waals surface area contributed by atoms with E-state index in [2.05, 4.69) is 0 Å². The molecule has 4 rings (SSSR count). The van der Waals surface area contributed by atoms with Crippen molar-refractivity contribution in [2.75, 3.05) is 13.2 Å². The van der Waals surface area contributed by atoms with Crippen LogP contribution in [0, 0.1) is 23.5 Å². The predicted molar refractivity (Wildman–Crippen MR) is 121 cm³/mol. The monoisotopic (exact) mass is 589 g/mol. The Morgan fingerprint density at radius 3 is 2.16 bits per heavy atom.